The van der Waals surface area contributed by atoms with Gasteiger partial charge in [-0.3, -0.25) is 4.90 Å². The van der Waals surface area contributed by atoms with Crippen LogP contribution in [0, 0.1) is 0 Å². The number of amides is 2. The molecule has 0 saturated carbocycles. The average Bonchev–Trinajstić information content (AvgIpc) is 3.68. The number of benzene rings is 6. The van der Waals surface area contributed by atoms with E-state index in [9.17, 15) is 9.59 Å². The van der Waals surface area contributed by atoms with E-state index in [0.29, 0.717) is 25.1 Å². The van der Waals surface area contributed by atoms with E-state index in [4.69, 9.17) is 9.73 Å². The van der Waals surface area contributed by atoms with E-state index in [1.807, 2.05) is 47.2 Å². The summed E-state index contributed by atoms with van der Waals surface area (Å²) in [5.41, 5.74) is 5.37. The minimum Gasteiger partial charge on any atom is -0.0303 e. The molecule has 0 spiro atoms. The predicted molar refractivity (Wildman–Crippen MR) is 239 cm³/mol. The van der Waals surface area contributed by atoms with Crippen LogP contribution in [0.3, 0.4) is 0 Å². The van der Waals surface area contributed by atoms with Crippen molar-refractivity contribution in [2.24, 2.45) is 4.99 Å². The van der Waals surface area contributed by atoms with E-state index >= 15 is 0 Å². The molecule has 1 N–H and O–H groups in total. The predicted octanol–water partition coefficient (Wildman–Crippen LogP) is 9.34. The molecular formula is C46H46N3O3PS2. The number of fused-ring (bicyclic) bond motifs is 2. The molecule has 6 aromatic carbocycles. The molecular weight excluding hydrogens is 738 g/mol. The van der Waals surface area contributed by atoms with Crippen molar-refractivity contribution in [2.75, 3.05) is 42.8 Å². The minimum atomic E-state index is -2.46. The van der Waals surface area contributed by atoms with Crippen LogP contribution in [0.4, 0.5) is 16.2 Å². The SMILES string of the molecule is CCCSSCCOC(=O)N(C)c1ccc2cc(C3=Nc4ccc(C(=O)NCC[PH](c5ccccc5)(c5ccccc5)c5ccccc5)cc4C3)ccc2c1. The molecule has 55 heavy (non-hydrogen) atoms. The summed E-state index contributed by atoms with van der Waals surface area (Å²) in [5, 5.41) is 9.35. The Labute approximate surface area is 332 Å². The van der Waals surface area contributed by atoms with Crippen LogP contribution in [0.2, 0.25) is 0 Å². The Morgan fingerprint density at radius 3 is 2.02 bits per heavy atom. The second-order valence-electron chi connectivity index (χ2n) is 13.7. The zero-order chi connectivity index (χ0) is 38.0. The van der Waals surface area contributed by atoms with E-state index in [1.54, 1.807) is 22.7 Å². The van der Waals surface area contributed by atoms with Gasteiger partial charge in [-0.1, -0.05) is 34.6 Å². The van der Waals surface area contributed by atoms with Crippen molar-refractivity contribution < 1.29 is 14.3 Å². The summed E-state index contributed by atoms with van der Waals surface area (Å²) in [4.78, 5) is 32.9. The van der Waals surface area contributed by atoms with Crippen molar-refractivity contribution in [3.8, 4) is 0 Å². The fourth-order valence-electron chi connectivity index (χ4n) is 7.26. The minimum absolute atomic E-state index is 0.0754. The standard InChI is InChI=1S/C46H46N3O3PS2/c1-3-28-54-55-29-26-52-46(51)49(2)39-23-21-34-30-36(20-19-35(34)32-39)44-33-38-31-37(22-24-43(38)48-44)45(50)47-25-27-53(40-13-7-4-8-14-40,41-15-9-5-10-16-41)42-17-11-6-12-18-42/h4-24,30-32,53H,3,25-29,33H2,1-2H3,(H,47,50). The van der Waals surface area contributed by atoms with Gasteiger partial charge in [-0.2, -0.15) is 0 Å². The second kappa shape index (κ2) is 18.2. The van der Waals surface area contributed by atoms with Crippen LogP contribution >= 0.6 is 28.9 Å². The van der Waals surface area contributed by atoms with Gasteiger partial charge in [0.1, 0.15) is 6.61 Å². The van der Waals surface area contributed by atoms with Crippen molar-refractivity contribution in [3.63, 3.8) is 0 Å². The van der Waals surface area contributed by atoms with Crippen LogP contribution in [0.5, 0.6) is 0 Å². The van der Waals surface area contributed by atoms with E-state index in [2.05, 4.69) is 121 Å². The van der Waals surface area contributed by atoms with E-state index in [1.165, 1.54) is 15.9 Å². The van der Waals surface area contributed by atoms with E-state index in [-0.39, 0.29) is 12.0 Å². The van der Waals surface area contributed by atoms with Crippen LogP contribution in [0.1, 0.15) is 34.8 Å². The summed E-state index contributed by atoms with van der Waals surface area (Å²) in [6.07, 6.45) is 2.26. The van der Waals surface area contributed by atoms with Gasteiger partial charge in [-0.05, 0) is 23.9 Å². The first kappa shape index (κ1) is 38.4. The van der Waals surface area contributed by atoms with Gasteiger partial charge in [-0.15, -0.1) is 0 Å². The first-order valence-electron chi connectivity index (χ1n) is 18.8. The topological polar surface area (TPSA) is 71.0 Å². The zero-order valence-corrected chi connectivity index (χ0v) is 33.9. The van der Waals surface area contributed by atoms with Crippen LogP contribution in [0.25, 0.3) is 10.8 Å². The maximum atomic E-state index is 13.7. The molecule has 6 nitrogen and oxygen atoms in total. The molecule has 2 amide bonds. The number of aliphatic imine (C=N–C) groups is 1. The Bertz CT molecular complexity index is 2190. The smallest absolute Gasteiger partial charge is 0.0303 e. The number of nitrogens with one attached hydrogen (secondary N) is 1. The van der Waals surface area contributed by atoms with Crippen LogP contribution in [-0.4, -0.2) is 55.6 Å². The van der Waals surface area contributed by atoms with Gasteiger partial charge in [0.25, 0.3) is 0 Å². The van der Waals surface area contributed by atoms with Crippen molar-refractivity contribution in [3.05, 3.63) is 162 Å². The summed E-state index contributed by atoms with van der Waals surface area (Å²) >= 11 is 0. The average molecular weight is 784 g/mol. The van der Waals surface area contributed by atoms with Crippen LogP contribution < -0.4 is 26.1 Å². The Hall–Kier alpha value is -4.88. The summed E-state index contributed by atoms with van der Waals surface area (Å²) in [5.74, 6) is 1.80. The molecule has 0 fully saturated rings. The molecule has 0 unspecified atom stereocenters. The molecule has 0 radical (unpaired) electrons. The summed E-state index contributed by atoms with van der Waals surface area (Å²) in [6, 6.07) is 50.5. The van der Waals surface area contributed by atoms with Crippen molar-refractivity contribution in [1.29, 1.82) is 0 Å². The zero-order valence-electron chi connectivity index (χ0n) is 31.2. The van der Waals surface area contributed by atoms with Crippen molar-refractivity contribution in [2.45, 2.75) is 19.8 Å². The molecule has 6 aromatic rings. The molecule has 9 heteroatoms. The number of hydrogen-bond acceptors (Lipinski definition) is 6. The molecule has 1 aliphatic heterocycles. The van der Waals surface area contributed by atoms with Gasteiger partial charge in [-0.25, -0.2) is 4.79 Å². The van der Waals surface area contributed by atoms with E-state index in [0.717, 1.165) is 63.1 Å². The number of rotatable bonds is 15. The number of nitrogens with zero attached hydrogens (tertiary/aromatic N) is 2. The number of carbonyl (C=O) groups is 2. The monoisotopic (exact) mass is 783 g/mol. The van der Waals surface area contributed by atoms with Crippen LogP contribution in [-0.2, 0) is 11.2 Å². The Morgan fingerprint density at radius 1 is 0.745 bits per heavy atom. The van der Waals surface area contributed by atoms with Crippen molar-refractivity contribution in [1.82, 2.24) is 5.32 Å². The third-order valence-corrected chi connectivity index (χ3v) is 17.7. The fourth-order valence-corrected chi connectivity index (χ4v) is 13.9. The molecule has 0 atom stereocenters. The second-order valence-corrected chi connectivity index (χ2v) is 20.4. The molecule has 0 aliphatic carbocycles. The number of carbonyl (C=O) groups excluding carboxylic acids is 2. The molecule has 0 bridgehead atoms. The number of ether oxygens (including phenoxy) is 1. The van der Waals surface area contributed by atoms with Gasteiger partial charge < -0.3 is 4.74 Å². The Balaban J connectivity index is 1.00. The number of hydrogen-bond donors (Lipinski definition) is 1. The molecule has 0 saturated heterocycles. The van der Waals surface area contributed by atoms with Crippen molar-refractivity contribution >= 4 is 84.6 Å². The molecule has 7 rings (SSSR count). The normalized spacial score (nSPS) is 12.5. The van der Waals surface area contributed by atoms with Gasteiger partial charge in [0.15, 0.2) is 0 Å². The summed E-state index contributed by atoms with van der Waals surface area (Å²) in [7, 11) is 2.83. The van der Waals surface area contributed by atoms with Crippen LogP contribution in [0.15, 0.2) is 151 Å². The quantitative estimate of drug-likeness (QED) is 0.0639. The first-order valence-corrected chi connectivity index (χ1v) is 23.5. The summed E-state index contributed by atoms with van der Waals surface area (Å²) < 4.78 is 5.49. The number of anilines is 1. The Morgan fingerprint density at radius 2 is 1.36 bits per heavy atom. The molecule has 280 valence electrons. The molecule has 1 aliphatic rings. The molecule has 1 heterocycles. The third kappa shape index (κ3) is 8.83. The van der Waals surface area contributed by atoms with Gasteiger partial charge in [0, 0.05) is 24.2 Å². The maximum absolute atomic E-state index is 13.7. The van der Waals surface area contributed by atoms with Gasteiger partial charge in [0.05, 0.1) is 0 Å². The summed E-state index contributed by atoms with van der Waals surface area (Å²) in [6.45, 7) is 3.10. The van der Waals surface area contributed by atoms with Gasteiger partial charge in [0.2, 0.25) is 0 Å². The van der Waals surface area contributed by atoms with Gasteiger partial charge >= 0.3 is 230 Å². The van der Waals surface area contributed by atoms with E-state index < -0.39 is 7.26 Å². The first-order chi connectivity index (χ1) is 27.0. The third-order valence-electron chi connectivity index (χ3n) is 10.1. The molecule has 0 aromatic heterocycles. The fraction of sp³-hybridized carbons (Fsp3) is 0.196. The Kier molecular flexibility index (Phi) is 12.7.